The monoisotopic (exact) mass is 936 g/mol. The topological polar surface area (TPSA) is 111 Å². The molecule has 0 radical (unpaired) electrons. The largest absolute Gasteiger partial charge is 0.497 e. The molecule has 3 fully saturated rings. The van der Waals surface area contributed by atoms with Crippen LogP contribution in [0.25, 0.3) is 0 Å². The van der Waals surface area contributed by atoms with Crippen molar-refractivity contribution in [2.45, 2.75) is 94.1 Å². The lowest BCUT2D eigenvalue weighted by atomic mass is 9.95. The van der Waals surface area contributed by atoms with Gasteiger partial charge in [-0.05, 0) is 46.5 Å². The van der Waals surface area contributed by atoms with Gasteiger partial charge in [-0.2, -0.15) is 0 Å². The molecule has 9 rings (SSSR count). The number of rotatable bonds is 22. The van der Waals surface area contributed by atoms with Crippen LogP contribution >= 0.6 is 0 Å². The van der Waals surface area contributed by atoms with Gasteiger partial charge < -0.3 is 56.8 Å². The highest BCUT2D eigenvalue weighted by Gasteiger charge is 2.56. The Hall–Kier alpha value is -5.74. The number of hydrogen-bond acceptors (Lipinski definition) is 12. The number of benzene rings is 6. The van der Waals surface area contributed by atoms with Gasteiger partial charge in [0.2, 0.25) is 6.29 Å². The Balaban J connectivity index is 1.10. The summed E-state index contributed by atoms with van der Waals surface area (Å²) in [6.07, 6.45) is -7.12. The molecule has 12 heteroatoms. The van der Waals surface area contributed by atoms with Crippen LogP contribution < -0.4 is 9.47 Å². The Labute approximate surface area is 404 Å². The van der Waals surface area contributed by atoms with Crippen molar-refractivity contribution in [3.8, 4) is 11.5 Å². The molecule has 3 aliphatic heterocycles. The third-order valence-electron chi connectivity index (χ3n) is 12.2. The highest BCUT2D eigenvalue weighted by molar-refractivity contribution is 5.31. The van der Waals surface area contributed by atoms with Crippen LogP contribution in [0.4, 0.5) is 0 Å². The van der Waals surface area contributed by atoms with Gasteiger partial charge in [-0.1, -0.05) is 158 Å². The lowest BCUT2D eigenvalue weighted by Gasteiger charge is -2.51. The Morgan fingerprint density at radius 2 is 1.01 bits per heavy atom. The first kappa shape index (κ1) is 48.3. The molecule has 0 bridgehead atoms. The van der Waals surface area contributed by atoms with Gasteiger partial charge in [0.25, 0.3) is 0 Å². The fraction of sp³-hybridized carbons (Fsp3) is 0.333. The predicted octanol–water partition coefficient (Wildman–Crippen LogP) is 9.57. The molecule has 3 heterocycles. The molecule has 0 unspecified atom stereocenters. The number of hydrogen-bond donors (Lipinski definition) is 0. The van der Waals surface area contributed by atoms with E-state index in [0.29, 0.717) is 18.1 Å². The highest BCUT2D eigenvalue weighted by Crippen LogP contribution is 2.40. The molecule has 3 saturated heterocycles. The zero-order chi connectivity index (χ0) is 47.0. The number of fused-ring (bicyclic) bond motifs is 1. The summed E-state index contributed by atoms with van der Waals surface area (Å²) >= 11 is 0. The summed E-state index contributed by atoms with van der Waals surface area (Å²) in [5, 5.41) is 0. The van der Waals surface area contributed by atoms with E-state index in [1.165, 1.54) is 0 Å². The molecular formula is C57H60O12. The second-order valence-corrected chi connectivity index (χ2v) is 17.0. The maximum absolute atomic E-state index is 7.39. The van der Waals surface area contributed by atoms with Crippen molar-refractivity contribution in [1.82, 2.24) is 0 Å². The molecule has 12 nitrogen and oxygen atoms in total. The molecule has 360 valence electrons. The van der Waals surface area contributed by atoms with E-state index >= 15 is 0 Å². The van der Waals surface area contributed by atoms with Gasteiger partial charge in [0.05, 0.1) is 53.4 Å². The number of methoxy groups -OCH3 is 1. The van der Waals surface area contributed by atoms with Crippen LogP contribution in [0.3, 0.4) is 0 Å². The second-order valence-electron chi connectivity index (χ2n) is 17.0. The molecule has 69 heavy (non-hydrogen) atoms. The van der Waals surface area contributed by atoms with E-state index in [1.807, 2.05) is 176 Å². The van der Waals surface area contributed by atoms with Gasteiger partial charge in [0.1, 0.15) is 60.3 Å². The smallest absolute Gasteiger partial charge is 0.229 e. The average molecular weight is 937 g/mol. The fourth-order valence-corrected chi connectivity index (χ4v) is 8.73. The normalized spacial score (nSPS) is 26.7. The standard InChI is InChI=1S/C57H60O12/c1-3-33-60-51-50-48(39-64-55(68-50)44-27-17-8-18-28-44)67-57(53(51)62-36-42-23-13-6-14-24-42)69-49-47(38-59-34-40-19-9-4-10-20-40)66-56(65-46-31-29-45(58-2)30-32-46)54(63-37-43-25-15-7-16-26-43)52(49)61-35-41-21-11-5-12-22-41/h3-32,47-57H,1,33-39H2,2H3/t47-,48-,49-,50+,51+,52+,53-,54-,55+,56-,57+/m1/s1. The Bertz CT molecular complexity index is 2400. The second kappa shape index (κ2) is 24.7. The Morgan fingerprint density at radius 3 is 1.57 bits per heavy atom. The average Bonchev–Trinajstić information content (AvgIpc) is 3.41. The maximum Gasteiger partial charge on any atom is 0.229 e. The van der Waals surface area contributed by atoms with E-state index < -0.39 is 67.7 Å². The van der Waals surface area contributed by atoms with E-state index in [0.717, 1.165) is 27.8 Å². The van der Waals surface area contributed by atoms with Crippen LogP contribution in [-0.4, -0.2) is 88.3 Å². The van der Waals surface area contributed by atoms with Gasteiger partial charge in [-0.15, -0.1) is 6.58 Å². The minimum Gasteiger partial charge on any atom is -0.497 e. The summed E-state index contributed by atoms with van der Waals surface area (Å²) in [5.74, 6) is 1.23. The molecule has 3 aliphatic rings. The lowest BCUT2D eigenvalue weighted by molar-refractivity contribution is -0.393. The number of ether oxygens (including phenoxy) is 12. The summed E-state index contributed by atoms with van der Waals surface area (Å²) in [4.78, 5) is 0. The van der Waals surface area contributed by atoms with Crippen LogP contribution in [0.15, 0.2) is 189 Å². The van der Waals surface area contributed by atoms with Crippen molar-refractivity contribution in [2.75, 3.05) is 26.9 Å². The van der Waals surface area contributed by atoms with Crippen molar-refractivity contribution >= 4 is 0 Å². The minimum absolute atomic E-state index is 0.0916. The van der Waals surface area contributed by atoms with Crippen molar-refractivity contribution in [3.63, 3.8) is 0 Å². The van der Waals surface area contributed by atoms with Crippen molar-refractivity contribution in [1.29, 1.82) is 0 Å². The van der Waals surface area contributed by atoms with Crippen LogP contribution in [0, 0.1) is 0 Å². The van der Waals surface area contributed by atoms with Crippen LogP contribution in [0.5, 0.6) is 11.5 Å². The quantitative estimate of drug-likeness (QED) is 0.0605. The SMILES string of the molecule is C=CCO[C@H]1[C@H]2O[C@@H](c3ccccc3)OC[C@H]2O[C@@H](O[C@H]2[C@H](OCc3ccccc3)[C@@H](OCc3ccccc3)[C@H](Oc3ccc(OC)cc3)O[C@@H]2COCc2ccccc2)[C@@H]1OCc1ccccc1. The zero-order valence-electron chi connectivity index (χ0n) is 38.7. The summed E-state index contributed by atoms with van der Waals surface area (Å²) in [6, 6.07) is 57.0. The van der Waals surface area contributed by atoms with Gasteiger partial charge in [-0.25, -0.2) is 0 Å². The first-order chi connectivity index (χ1) is 34.1. The minimum atomic E-state index is -1.06. The van der Waals surface area contributed by atoms with E-state index in [-0.39, 0.29) is 39.6 Å². The van der Waals surface area contributed by atoms with Crippen molar-refractivity contribution in [2.24, 2.45) is 0 Å². The van der Waals surface area contributed by atoms with Gasteiger partial charge in [0.15, 0.2) is 12.6 Å². The van der Waals surface area contributed by atoms with E-state index in [2.05, 4.69) is 6.58 Å². The molecule has 6 aromatic carbocycles. The molecule has 0 aromatic heterocycles. The molecular weight excluding hydrogens is 877 g/mol. The van der Waals surface area contributed by atoms with E-state index in [1.54, 1.807) is 13.2 Å². The third kappa shape index (κ3) is 12.9. The first-order valence-electron chi connectivity index (χ1n) is 23.5. The van der Waals surface area contributed by atoms with Gasteiger partial charge in [0, 0.05) is 5.56 Å². The summed E-state index contributed by atoms with van der Waals surface area (Å²) in [6.45, 7) is 5.49. The first-order valence-corrected chi connectivity index (χ1v) is 23.5. The Morgan fingerprint density at radius 1 is 0.507 bits per heavy atom. The third-order valence-corrected chi connectivity index (χ3v) is 12.2. The molecule has 0 saturated carbocycles. The van der Waals surface area contributed by atoms with Crippen molar-refractivity contribution < 1.29 is 56.8 Å². The van der Waals surface area contributed by atoms with E-state index in [4.69, 9.17) is 56.8 Å². The predicted molar refractivity (Wildman–Crippen MR) is 257 cm³/mol. The summed E-state index contributed by atoms with van der Waals surface area (Å²) in [7, 11) is 1.62. The maximum atomic E-state index is 7.39. The fourth-order valence-electron chi connectivity index (χ4n) is 8.73. The molecule has 0 amide bonds. The van der Waals surface area contributed by atoms with Crippen LogP contribution in [-0.2, 0) is 73.8 Å². The zero-order valence-corrected chi connectivity index (χ0v) is 38.7. The molecule has 0 N–H and O–H groups in total. The molecule has 11 atom stereocenters. The van der Waals surface area contributed by atoms with Crippen LogP contribution in [0.1, 0.15) is 34.1 Å². The van der Waals surface area contributed by atoms with Crippen molar-refractivity contribution in [3.05, 3.63) is 216 Å². The lowest BCUT2D eigenvalue weighted by Crippen LogP contribution is -2.67. The molecule has 6 aromatic rings. The molecule has 0 aliphatic carbocycles. The summed E-state index contributed by atoms with van der Waals surface area (Å²) < 4.78 is 80.8. The Kier molecular flexibility index (Phi) is 17.3. The van der Waals surface area contributed by atoms with E-state index in [9.17, 15) is 0 Å². The van der Waals surface area contributed by atoms with Crippen LogP contribution in [0.2, 0.25) is 0 Å². The van der Waals surface area contributed by atoms with Gasteiger partial charge >= 0.3 is 0 Å². The highest BCUT2D eigenvalue weighted by atomic mass is 16.8. The molecule has 0 spiro atoms. The summed E-state index contributed by atoms with van der Waals surface area (Å²) in [5.41, 5.74) is 4.75. The van der Waals surface area contributed by atoms with Gasteiger partial charge in [-0.3, -0.25) is 0 Å².